The number of aromatic nitrogens is 2. The van der Waals surface area contributed by atoms with Crippen LogP contribution in [0, 0.1) is 12.8 Å². The van der Waals surface area contributed by atoms with E-state index in [-0.39, 0.29) is 11.8 Å². The topological polar surface area (TPSA) is 74.5 Å². The summed E-state index contributed by atoms with van der Waals surface area (Å²) >= 11 is 6.00. The monoisotopic (exact) mass is 535 g/mol. The van der Waals surface area contributed by atoms with Gasteiger partial charge in [-0.3, -0.25) is 14.7 Å². The number of nitrogens with one attached hydrogen (secondary N) is 1. The fourth-order valence-corrected chi connectivity index (χ4v) is 5.77. The van der Waals surface area contributed by atoms with Gasteiger partial charge in [0.05, 0.1) is 5.69 Å². The van der Waals surface area contributed by atoms with Crippen molar-refractivity contribution >= 4 is 17.5 Å². The molecule has 7 nitrogen and oxygen atoms in total. The van der Waals surface area contributed by atoms with Crippen LogP contribution in [0.15, 0.2) is 53.2 Å². The molecular weight excluding hydrogens is 498 g/mol. The number of pyridine rings is 1. The molecule has 3 aromatic rings. The highest BCUT2D eigenvalue weighted by atomic mass is 35.5. The number of likely N-dealkylation sites (tertiary alicyclic amines) is 2. The Labute approximate surface area is 230 Å². The zero-order valence-electron chi connectivity index (χ0n) is 22.2. The number of hydrogen-bond donors (Lipinski definition) is 1. The van der Waals surface area contributed by atoms with Crippen molar-refractivity contribution in [1.29, 1.82) is 0 Å². The van der Waals surface area contributed by atoms with E-state index < -0.39 is 0 Å². The average molecular weight is 536 g/mol. The number of halogens is 1. The predicted molar refractivity (Wildman–Crippen MR) is 150 cm³/mol. The number of carbonyl (C=O) groups is 1. The van der Waals surface area contributed by atoms with Gasteiger partial charge in [0.25, 0.3) is 0 Å². The molecule has 0 spiro atoms. The van der Waals surface area contributed by atoms with Crippen molar-refractivity contribution in [3.8, 4) is 11.5 Å². The maximum atomic E-state index is 12.8. The second kappa shape index (κ2) is 12.9. The molecule has 2 fully saturated rings. The standard InChI is InChI=1S/C30H38ClN5O2/c1-22-28(34-30(38-22)26-3-5-27(31)6-4-26)21-36-19-11-25(12-20-36)29(37)33-13-2-16-35-17-9-24(10-18-35)23-7-14-32-15-8-23/h3-8,14-15,24-25H,2,9-13,16-21H2,1H3,(H,33,37). The first-order valence-electron chi connectivity index (χ1n) is 13.9. The summed E-state index contributed by atoms with van der Waals surface area (Å²) in [5, 5.41) is 3.89. The lowest BCUT2D eigenvalue weighted by Gasteiger charge is -2.32. The number of benzene rings is 1. The number of nitrogens with zero attached hydrogens (tertiary/aromatic N) is 4. The van der Waals surface area contributed by atoms with Crippen LogP contribution in [0.2, 0.25) is 5.02 Å². The molecule has 5 rings (SSSR count). The fraction of sp³-hybridized carbons (Fsp3) is 0.500. The van der Waals surface area contributed by atoms with E-state index in [4.69, 9.17) is 21.0 Å². The maximum Gasteiger partial charge on any atom is 0.226 e. The van der Waals surface area contributed by atoms with Crippen molar-refractivity contribution in [2.45, 2.75) is 51.5 Å². The Hall–Kier alpha value is -2.74. The minimum Gasteiger partial charge on any atom is -0.441 e. The summed E-state index contributed by atoms with van der Waals surface area (Å²) in [6.45, 7) is 8.57. The van der Waals surface area contributed by atoms with Gasteiger partial charge in [-0.1, -0.05) is 11.6 Å². The van der Waals surface area contributed by atoms with Crippen LogP contribution in [0.5, 0.6) is 0 Å². The highest BCUT2D eigenvalue weighted by Crippen LogP contribution is 2.28. The third-order valence-electron chi connectivity index (χ3n) is 8.03. The number of piperidine rings is 2. The summed E-state index contributed by atoms with van der Waals surface area (Å²) in [7, 11) is 0. The Balaban J connectivity index is 0.982. The van der Waals surface area contributed by atoms with Crippen molar-refractivity contribution in [2.24, 2.45) is 5.92 Å². The van der Waals surface area contributed by atoms with Crippen molar-refractivity contribution in [1.82, 2.24) is 25.1 Å². The Bertz CT molecular complexity index is 1170. The maximum absolute atomic E-state index is 12.8. The third-order valence-corrected chi connectivity index (χ3v) is 8.28. The number of aryl methyl sites for hydroxylation is 1. The zero-order chi connectivity index (χ0) is 26.3. The van der Waals surface area contributed by atoms with Crippen LogP contribution in [0.3, 0.4) is 0 Å². The lowest BCUT2D eigenvalue weighted by molar-refractivity contribution is -0.126. The van der Waals surface area contributed by atoms with Gasteiger partial charge in [-0.2, -0.15) is 0 Å². The molecule has 0 saturated carbocycles. The first-order valence-corrected chi connectivity index (χ1v) is 14.3. The number of rotatable bonds is 9. The molecule has 0 atom stereocenters. The summed E-state index contributed by atoms with van der Waals surface area (Å²) in [5.74, 6) is 2.44. The summed E-state index contributed by atoms with van der Waals surface area (Å²) in [6, 6.07) is 11.8. The van der Waals surface area contributed by atoms with Crippen LogP contribution >= 0.6 is 11.6 Å². The van der Waals surface area contributed by atoms with Gasteiger partial charge in [0.2, 0.25) is 11.8 Å². The molecule has 0 unspecified atom stereocenters. The SMILES string of the molecule is Cc1oc(-c2ccc(Cl)cc2)nc1CN1CCC(C(=O)NCCCN2CCC(c3ccncc3)CC2)CC1. The van der Waals surface area contributed by atoms with Gasteiger partial charge < -0.3 is 14.6 Å². The first kappa shape index (κ1) is 26.9. The predicted octanol–water partition coefficient (Wildman–Crippen LogP) is 5.30. The van der Waals surface area contributed by atoms with Crippen LogP contribution < -0.4 is 5.32 Å². The number of hydrogen-bond acceptors (Lipinski definition) is 6. The van der Waals surface area contributed by atoms with Gasteiger partial charge in [0.1, 0.15) is 5.76 Å². The van der Waals surface area contributed by atoms with Crippen LogP contribution in [0.25, 0.3) is 11.5 Å². The van der Waals surface area contributed by atoms with E-state index in [1.807, 2.05) is 43.6 Å². The van der Waals surface area contributed by atoms with Crippen molar-refractivity contribution in [3.05, 3.63) is 70.8 Å². The summed E-state index contributed by atoms with van der Waals surface area (Å²) in [5.41, 5.74) is 3.30. The molecule has 0 radical (unpaired) electrons. The second-order valence-corrected chi connectivity index (χ2v) is 11.1. The Morgan fingerprint density at radius 2 is 1.68 bits per heavy atom. The summed E-state index contributed by atoms with van der Waals surface area (Å²) in [4.78, 5) is 26.5. The molecule has 202 valence electrons. The van der Waals surface area contributed by atoms with Crippen LogP contribution in [-0.4, -0.2) is 64.9 Å². The van der Waals surface area contributed by atoms with E-state index >= 15 is 0 Å². The van der Waals surface area contributed by atoms with Crippen molar-refractivity contribution < 1.29 is 9.21 Å². The van der Waals surface area contributed by atoms with E-state index in [9.17, 15) is 4.79 Å². The Morgan fingerprint density at radius 1 is 1.00 bits per heavy atom. The molecule has 4 heterocycles. The molecule has 2 aliphatic rings. The normalized spacial score (nSPS) is 18.1. The lowest BCUT2D eigenvalue weighted by Crippen LogP contribution is -2.41. The van der Waals surface area contributed by atoms with E-state index in [0.717, 1.165) is 82.1 Å². The molecule has 0 aliphatic carbocycles. The first-order chi connectivity index (χ1) is 18.5. The van der Waals surface area contributed by atoms with Crippen molar-refractivity contribution in [2.75, 3.05) is 39.3 Å². The largest absolute Gasteiger partial charge is 0.441 e. The molecule has 8 heteroatoms. The van der Waals surface area contributed by atoms with Gasteiger partial charge in [0.15, 0.2) is 0 Å². The van der Waals surface area contributed by atoms with Gasteiger partial charge >= 0.3 is 0 Å². The molecule has 0 bridgehead atoms. The fourth-order valence-electron chi connectivity index (χ4n) is 5.64. The van der Waals surface area contributed by atoms with E-state index in [0.29, 0.717) is 16.8 Å². The number of amides is 1. The van der Waals surface area contributed by atoms with E-state index in [2.05, 4.69) is 32.2 Å². The zero-order valence-corrected chi connectivity index (χ0v) is 23.0. The molecule has 1 amide bonds. The van der Waals surface area contributed by atoms with Crippen LogP contribution in [-0.2, 0) is 11.3 Å². The quantitative estimate of drug-likeness (QED) is 0.375. The third kappa shape index (κ3) is 7.01. The molecule has 1 N–H and O–H groups in total. The van der Waals surface area contributed by atoms with Crippen LogP contribution in [0.1, 0.15) is 55.0 Å². The van der Waals surface area contributed by atoms with Gasteiger partial charge in [-0.15, -0.1) is 0 Å². The average Bonchev–Trinajstić information content (AvgIpc) is 3.32. The highest BCUT2D eigenvalue weighted by molar-refractivity contribution is 6.30. The summed E-state index contributed by atoms with van der Waals surface area (Å²) < 4.78 is 5.91. The summed E-state index contributed by atoms with van der Waals surface area (Å²) in [6.07, 6.45) is 8.96. The minimum absolute atomic E-state index is 0.102. The van der Waals surface area contributed by atoms with E-state index in [1.165, 1.54) is 18.4 Å². The molecule has 38 heavy (non-hydrogen) atoms. The van der Waals surface area contributed by atoms with Gasteiger partial charge in [0, 0.05) is 42.0 Å². The smallest absolute Gasteiger partial charge is 0.226 e. The van der Waals surface area contributed by atoms with Crippen LogP contribution in [0.4, 0.5) is 0 Å². The Morgan fingerprint density at radius 3 is 2.39 bits per heavy atom. The number of carbonyl (C=O) groups excluding carboxylic acids is 1. The number of oxazole rings is 1. The van der Waals surface area contributed by atoms with Gasteiger partial charge in [-0.25, -0.2) is 4.98 Å². The second-order valence-electron chi connectivity index (χ2n) is 10.6. The lowest BCUT2D eigenvalue weighted by atomic mass is 9.90. The Kier molecular flexibility index (Phi) is 9.10. The molecule has 2 aliphatic heterocycles. The highest BCUT2D eigenvalue weighted by Gasteiger charge is 2.26. The van der Waals surface area contributed by atoms with Crippen molar-refractivity contribution in [3.63, 3.8) is 0 Å². The molecular formula is C30H38ClN5O2. The molecule has 2 aromatic heterocycles. The van der Waals surface area contributed by atoms with Gasteiger partial charge in [-0.05, 0) is 120 Å². The minimum atomic E-state index is 0.102. The van der Waals surface area contributed by atoms with E-state index in [1.54, 1.807) is 0 Å². The molecule has 2 saturated heterocycles. The molecule has 1 aromatic carbocycles.